The largest absolute Gasteiger partial charge is 0.377 e. The Labute approximate surface area is 123 Å². The molecule has 6 nitrogen and oxygen atoms in total. The molecule has 0 aromatic heterocycles. The van der Waals surface area contributed by atoms with Gasteiger partial charge >= 0.3 is 0 Å². The van der Waals surface area contributed by atoms with Crippen LogP contribution in [-0.4, -0.2) is 16.9 Å². The standard InChI is InChI=1S/C15H21N3O3/c1-9-5-10(2)7-12(6-9)17-13-8-11(15(16)19)3-4-14(13)18(20)21/h3-4,8-10,12,17H,5-7H2,1-2H3,(H2,16,19). The first-order valence-corrected chi connectivity index (χ1v) is 7.21. The van der Waals surface area contributed by atoms with Crippen molar-refractivity contribution in [3.63, 3.8) is 0 Å². The molecular formula is C15H21N3O3. The average molecular weight is 291 g/mol. The van der Waals surface area contributed by atoms with E-state index in [2.05, 4.69) is 19.2 Å². The molecule has 1 amide bonds. The predicted molar refractivity (Wildman–Crippen MR) is 81.2 cm³/mol. The minimum Gasteiger partial charge on any atom is -0.377 e. The molecule has 1 saturated carbocycles. The van der Waals surface area contributed by atoms with Crippen molar-refractivity contribution in [1.29, 1.82) is 0 Å². The zero-order chi connectivity index (χ0) is 15.6. The Hall–Kier alpha value is -2.11. The lowest BCUT2D eigenvalue weighted by Gasteiger charge is -2.32. The van der Waals surface area contributed by atoms with E-state index in [1.54, 1.807) is 0 Å². The molecule has 0 aliphatic heterocycles. The van der Waals surface area contributed by atoms with Crippen molar-refractivity contribution in [3.05, 3.63) is 33.9 Å². The SMILES string of the molecule is CC1CC(C)CC(Nc2cc(C(N)=O)ccc2[N+](=O)[O-])C1. The molecule has 1 aromatic rings. The molecule has 3 N–H and O–H groups in total. The van der Waals surface area contributed by atoms with Gasteiger partial charge in [-0.2, -0.15) is 0 Å². The van der Waals surface area contributed by atoms with Crippen LogP contribution in [0.2, 0.25) is 0 Å². The summed E-state index contributed by atoms with van der Waals surface area (Å²) in [5, 5.41) is 14.4. The van der Waals surface area contributed by atoms with E-state index in [0.29, 0.717) is 17.5 Å². The van der Waals surface area contributed by atoms with Gasteiger partial charge in [-0.15, -0.1) is 0 Å². The van der Waals surface area contributed by atoms with Crippen molar-refractivity contribution in [1.82, 2.24) is 0 Å². The van der Waals surface area contributed by atoms with E-state index in [-0.39, 0.29) is 17.3 Å². The van der Waals surface area contributed by atoms with Gasteiger partial charge in [0.15, 0.2) is 0 Å². The fourth-order valence-corrected chi connectivity index (χ4v) is 3.25. The number of rotatable bonds is 4. The van der Waals surface area contributed by atoms with Crippen LogP contribution in [0.25, 0.3) is 0 Å². The summed E-state index contributed by atoms with van der Waals surface area (Å²) in [7, 11) is 0. The van der Waals surface area contributed by atoms with Gasteiger partial charge in [-0.05, 0) is 43.2 Å². The van der Waals surface area contributed by atoms with Gasteiger partial charge in [0.25, 0.3) is 5.69 Å². The molecule has 6 heteroatoms. The van der Waals surface area contributed by atoms with Crippen molar-refractivity contribution in [3.8, 4) is 0 Å². The molecule has 2 rings (SSSR count). The minimum atomic E-state index is -0.585. The summed E-state index contributed by atoms with van der Waals surface area (Å²) in [6.45, 7) is 4.39. The molecule has 0 radical (unpaired) electrons. The van der Waals surface area contributed by atoms with Crippen LogP contribution >= 0.6 is 0 Å². The van der Waals surface area contributed by atoms with Gasteiger partial charge in [0.2, 0.25) is 5.91 Å². The highest BCUT2D eigenvalue weighted by Crippen LogP contribution is 2.33. The van der Waals surface area contributed by atoms with Gasteiger partial charge < -0.3 is 11.1 Å². The zero-order valence-corrected chi connectivity index (χ0v) is 12.3. The quantitative estimate of drug-likeness (QED) is 0.658. The molecule has 2 atom stereocenters. The van der Waals surface area contributed by atoms with Crippen LogP contribution in [0, 0.1) is 22.0 Å². The molecule has 1 aliphatic rings. The fraction of sp³-hybridized carbons (Fsp3) is 0.533. The van der Waals surface area contributed by atoms with Crippen LogP contribution in [-0.2, 0) is 0 Å². The predicted octanol–water partition coefficient (Wildman–Crippen LogP) is 2.93. The van der Waals surface area contributed by atoms with Crippen LogP contribution in [0.5, 0.6) is 0 Å². The number of amides is 1. The molecule has 1 aromatic carbocycles. The highest BCUT2D eigenvalue weighted by Gasteiger charge is 2.26. The molecule has 114 valence electrons. The van der Waals surface area contributed by atoms with Crippen molar-refractivity contribution >= 4 is 17.3 Å². The lowest BCUT2D eigenvalue weighted by Crippen LogP contribution is -2.30. The number of anilines is 1. The summed E-state index contributed by atoms with van der Waals surface area (Å²) < 4.78 is 0. The molecule has 2 unspecified atom stereocenters. The molecular weight excluding hydrogens is 270 g/mol. The van der Waals surface area contributed by atoms with Gasteiger partial charge in [0.1, 0.15) is 5.69 Å². The summed E-state index contributed by atoms with van der Waals surface area (Å²) in [4.78, 5) is 21.9. The van der Waals surface area contributed by atoms with Crippen LogP contribution in [0.4, 0.5) is 11.4 Å². The van der Waals surface area contributed by atoms with Gasteiger partial charge in [0.05, 0.1) is 4.92 Å². The summed E-state index contributed by atoms with van der Waals surface area (Å²) in [5.41, 5.74) is 5.88. The highest BCUT2D eigenvalue weighted by molar-refractivity contribution is 5.94. The molecule has 0 heterocycles. The zero-order valence-electron chi connectivity index (χ0n) is 12.3. The first-order chi connectivity index (χ1) is 9.86. The number of nitrogens with zero attached hydrogens (tertiary/aromatic N) is 1. The maximum atomic E-state index is 11.3. The highest BCUT2D eigenvalue weighted by atomic mass is 16.6. The van der Waals surface area contributed by atoms with Crippen LogP contribution in [0.3, 0.4) is 0 Å². The number of primary amides is 1. The summed E-state index contributed by atoms with van der Waals surface area (Å²) in [6, 6.07) is 4.38. The minimum absolute atomic E-state index is 0.0223. The number of nitrogens with two attached hydrogens (primary N) is 1. The molecule has 0 bridgehead atoms. The second-order valence-electron chi connectivity index (χ2n) is 6.11. The lowest BCUT2D eigenvalue weighted by molar-refractivity contribution is -0.384. The van der Waals surface area contributed by atoms with Gasteiger partial charge in [-0.1, -0.05) is 13.8 Å². The second-order valence-corrected chi connectivity index (χ2v) is 6.11. The molecule has 0 spiro atoms. The van der Waals surface area contributed by atoms with Gasteiger partial charge in [-0.3, -0.25) is 14.9 Å². The Morgan fingerprint density at radius 3 is 2.43 bits per heavy atom. The summed E-state index contributed by atoms with van der Waals surface area (Å²) in [5.74, 6) is 0.590. The van der Waals surface area contributed by atoms with Gasteiger partial charge in [-0.25, -0.2) is 0 Å². The number of nitro groups is 1. The number of hydrogen-bond acceptors (Lipinski definition) is 4. The smallest absolute Gasteiger partial charge is 0.292 e. The third-order valence-electron chi connectivity index (χ3n) is 4.02. The van der Waals surface area contributed by atoms with E-state index in [1.807, 2.05) is 0 Å². The number of carbonyl (C=O) groups is 1. The number of nitrogens with one attached hydrogen (secondary N) is 1. The first kappa shape index (κ1) is 15.3. The Kier molecular flexibility index (Phi) is 4.45. The molecule has 21 heavy (non-hydrogen) atoms. The van der Waals surface area contributed by atoms with E-state index in [4.69, 9.17) is 5.73 Å². The van der Waals surface area contributed by atoms with Crippen molar-refractivity contribution in [2.75, 3.05) is 5.32 Å². The number of hydrogen-bond donors (Lipinski definition) is 2. The number of carbonyl (C=O) groups excluding carboxylic acids is 1. The monoisotopic (exact) mass is 291 g/mol. The van der Waals surface area contributed by atoms with E-state index in [1.165, 1.54) is 24.6 Å². The van der Waals surface area contributed by atoms with E-state index >= 15 is 0 Å². The number of benzene rings is 1. The van der Waals surface area contributed by atoms with Gasteiger partial charge in [0, 0.05) is 17.7 Å². The Bertz CT molecular complexity index is 549. The average Bonchev–Trinajstić information content (AvgIpc) is 2.36. The summed E-state index contributed by atoms with van der Waals surface area (Å²) >= 11 is 0. The van der Waals surface area contributed by atoms with Crippen LogP contribution in [0.1, 0.15) is 43.5 Å². The normalized spacial score (nSPS) is 25.3. The fourth-order valence-electron chi connectivity index (χ4n) is 3.25. The molecule has 1 aliphatic carbocycles. The number of nitro benzene ring substituents is 1. The third-order valence-corrected chi connectivity index (χ3v) is 4.02. The van der Waals surface area contributed by atoms with E-state index < -0.39 is 10.8 Å². The van der Waals surface area contributed by atoms with Crippen LogP contribution < -0.4 is 11.1 Å². The van der Waals surface area contributed by atoms with Crippen molar-refractivity contribution < 1.29 is 9.72 Å². The topological polar surface area (TPSA) is 98.3 Å². The van der Waals surface area contributed by atoms with E-state index in [9.17, 15) is 14.9 Å². The Morgan fingerprint density at radius 1 is 1.29 bits per heavy atom. The first-order valence-electron chi connectivity index (χ1n) is 7.21. The van der Waals surface area contributed by atoms with Crippen LogP contribution in [0.15, 0.2) is 18.2 Å². The Morgan fingerprint density at radius 2 is 1.90 bits per heavy atom. The van der Waals surface area contributed by atoms with E-state index in [0.717, 1.165) is 12.8 Å². The van der Waals surface area contributed by atoms with Crippen molar-refractivity contribution in [2.45, 2.75) is 39.2 Å². The maximum absolute atomic E-state index is 11.3. The third kappa shape index (κ3) is 3.71. The summed E-state index contributed by atoms with van der Waals surface area (Å²) in [6.07, 6.45) is 3.13. The molecule has 0 saturated heterocycles. The second kappa shape index (κ2) is 6.11. The molecule has 1 fully saturated rings. The van der Waals surface area contributed by atoms with Crippen molar-refractivity contribution in [2.24, 2.45) is 17.6 Å². The Balaban J connectivity index is 2.26. The lowest BCUT2D eigenvalue weighted by atomic mass is 9.80. The maximum Gasteiger partial charge on any atom is 0.292 e.